The van der Waals surface area contributed by atoms with Crippen molar-refractivity contribution in [2.45, 2.75) is 25.8 Å². The first-order valence-corrected chi connectivity index (χ1v) is 6.29. The number of nitrogens with one attached hydrogen (secondary N) is 2. The van der Waals surface area contributed by atoms with Crippen LogP contribution in [0.2, 0.25) is 0 Å². The fraction of sp³-hybridized carbons (Fsp3) is 0.778. The molecule has 0 saturated carbocycles. The molecule has 4 nitrogen and oxygen atoms in total. The molecule has 0 saturated heterocycles. The predicted molar refractivity (Wildman–Crippen MR) is 58.4 cm³/mol. The van der Waals surface area contributed by atoms with Crippen molar-refractivity contribution < 1.29 is 8.42 Å². The summed E-state index contributed by atoms with van der Waals surface area (Å²) in [7, 11) is -1.47. The lowest BCUT2D eigenvalue weighted by atomic mass is 10.2. The monoisotopic (exact) mass is 218 g/mol. The van der Waals surface area contributed by atoms with Crippen LogP contribution in [-0.4, -0.2) is 33.8 Å². The quantitative estimate of drug-likeness (QED) is 0.588. The van der Waals surface area contributed by atoms with E-state index in [4.69, 9.17) is 6.42 Å². The van der Waals surface area contributed by atoms with Crippen LogP contribution in [-0.2, 0) is 10.0 Å². The first-order valence-electron chi connectivity index (χ1n) is 4.63. The van der Waals surface area contributed by atoms with Crippen LogP contribution in [0.5, 0.6) is 0 Å². The van der Waals surface area contributed by atoms with Gasteiger partial charge in [-0.1, -0.05) is 6.92 Å². The van der Waals surface area contributed by atoms with Gasteiger partial charge in [-0.05, 0) is 13.5 Å². The van der Waals surface area contributed by atoms with Gasteiger partial charge in [-0.15, -0.1) is 12.3 Å². The van der Waals surface area contributed by atoms with E-state index in [2.05, 4.69) is 16.0 Å². The van der Waals surface area contributed by atoms with Gasteiger partial charge < -0.3 is 5.32 Å². The zero-order chi connectivity index (χ0) is 11.0. The molecule has 1 unspecified atom stereocenters. The van der Waals surface area contributed by atoms with Crippen molar-refractivity contribution >= 4 is 10.0 Å². The van der Waals surface area contributed by atoms with Gasteiger partial charge in [0.2, 0.25) is 10.0 Å². The predicted octanol–water partition coefficient (Wildman–Crippen LogP) is -0.0729. The molecule has 1 atom stereocenters. The summed E-state index contributed by atoms with van der Waals surface area (Å²) in [5.41, 5.74) is 0. The summed E-state index contributed by atoms with van der Waals surface area (Å²) in [5, 5.41) is 2.79. The maximum Gasteiger partial charge on any atom is 0.213 e. The maximum atomic E-state index is 11.4. The summed E-state index contributed by atoms with van der Waals surface area (Å²) in [6.45, 7) is 2.35. The maximum absolute atomic E-state index is 11.4. The molecular weight excluding hydrogens is 200 g/mol. The molecule has 0 aliphatic heterocycles. The number of hydrogen-bond acceptors (Lipinski definition) is 3. The van der Waals surface area contributed by atoms with Gasteiger partial charge in [0.25, 0.3) is 0 Å². The van der Waals surface area contributed by atoms with Gasteiger partial charge in [0.05, 0.1) is 5.75 Å². The van der Waals surface area contributed by atoms with E-state index in [1.54, 1.807) is 7.05 Å². The zero-order valence-electron chi connectivity index (χ0n) is 8.71. The van der Waals surface area contributed by atoms with E-state index in [0.717, 1.165) is 0 Å². The Bertz CT molecular complexity index is 280. The van der Waals surface area contributed by atoms with Crippen LogP contribution in [0.4, 0.5) is 0 Å². The van der Waals surface area contributed by atoms with E-state index >= 15 is 0 Å². The highest BCUT2D eigenvalue weighted by Crippen LogP contribution is 1.98. The van der Waals surface area contributed by atoms with Gasteiger partial charge >= 0.3 is 0 Å². The van der Waals surface area contributed by atoms with Crippen LogP contribution in [0.1, 0.15) is 19.8 Å². The Kier molecular flexibility index (Phi) is 6.54. The Hall–Kier alpha value is -0.570. The van der Waals surface area contributed by atoms with Crippen molar-refractivity contribution in [2.75, 3.05) is 19.3 Å². The number of sulfonamides is 1. The van der Waals surface area contributed by atoms with Crippen molar-refractivity contribution in [3.8, 4) is 12.3 Å². The van der Waals surface area contributed by atoms with Crippen molar-refractivity contribution in [3.63, 3.8) is 0 Å². The minimum absolute atomic E-state index is 0.0879. The molecular formula is C9H18N2O2S. The normalized spacial score (nSPS) is 13.5. The molecule has 14 heavy (non-hydrogen) atoms. The molecule has 0 aromatic heterocycles. The van der Waals surface area contributed by atoms with Gasteiger partial charge in [0.1, 0.15) is 0 Å². The second-order valence-electron chi connectivity index (χ2n) is 3.05. The van der Waals surface area contributed by atoms with Crippen LogP contribution in [0.25, 0.3) is 0 Å². The lowest BCUT2D eigenvalue weighted by Gasteiger charge is -2.14. The third-order valence-corrected chi connectivity index (χ3v) is 3.26. The lowest BCUT2D eigenvalue weighted by molar-refractivity contribution is 0.542. The summed E-state index contributed by atoms with van der Waals surface area (Å²) >= 11 is 0. The molecule has 0 rings (SSSR count). The van der Waals surface area contributed by atoms with E-state index in [1.807, 2.05) is 6.92 Å². The molecule has 0 aromatic rings. The third kappa shape index (κ3) is 5.97. The molecule has 0 aromatic carbocycles. The molecule has 0 bridgehead atoms. The number of rotatable bonds is 7. The third-order valence-electron chi connectivity index (χ3n) is 1.82. The molecule has 5 heteroatoms. The van der Waals surface area contributed by atoms with Crippen molar-refractivity contribution in [2.24, 2.45) is 0 Å². The Morgan fingerprint density at radius 3 is 2.57 bits per heavy atom. The molecule has 0 aliphatic rings. The number of hydrogen-bond donors (Lipinski definition) is 2. The Morgan fingerprint density at radius 2 is 2.14 bits per heavy atom. The largest absolute Gasteiger partial charge is 0.319 e. The molecule has 2 N–H and O–H groups in total. The molecule has 0 amide bonds. The van der Waals surface area contributed by atoms with Gasteiger partial charge in [0, 0.05) is 19.0 Å². The summed E-state index contributed by atoms with van der Waals surface area (Å²) in [6.07, 6.45) is 6.28. The summed E-state index contributed by atoms with van der Waals surface area (Å²) < 4.78 is 25.4. The Labute approximate surface area is 86.5 Å². The second-order valence-corrected chi connectivity index (χ2v) is 4.93. The Morgan fingerprint density at radius 1 is 1.50 bits per heavy atom. The van der Waals surface area contributed by atoms with Crippen LogP contribution in [0.3, 0.4) is 0 Å². The highest BCUT2D eigenvalue weighted by atomic mass is 32.2. The van der Waals surface area contributed by atoms with E-state index < -0.39 is 10.0 Å². The van der Waals surface area contributed by atoms with Crippen molar-refractivity contribution in [1.29, 1.82) is 0 Å². The van der Waals surface area contributed by atoms with Gasteiger partial charge in [-0.3, -0.25) is 0 Å². The average Bonchev–Trinajstić information content (AvgIpc) is 2.14. The van der Waals surface area contributed by atoms with Gasteiger partial charge in [-0.25, -0.2) is 13.1 Å². The fourth-order valence-corrected chi connectivity index (χ4v) is 2.31. The fourth-order valence-electron chi connectivity index (χ4n) is 0.961. The molecule has 82 valence electrons. The van der Waals surface area contributed by atoms with Crippen molar-refractivity contribution in [1.82, 2.24) is 10.0 Å². The van der Waals surface area contributed by atoms with Crippen LogP contribution < -0.4 is 10.0 Å². The van der Waals surface area contributed by atoms with E-state index in [0.29, 0.717) is 19.4 Å². The van der Waals surface area contributed by atoms with Crippen LogP contribution in [0.15, 0.2) is 0 Å². The Balaban J connectivity index is 4.12. The van der Waals surface area contributed by atoms with Crippen LogP contribution in [0, 0.1) is 12.3 Å². The SMILES string of the molecule is C#CCC(CC)NS(=O)(=O)CCNC. The van der Waals surface area contributed by atoms with E-state index in [9.17, 15) is 8.42 Å². The molecule has 0 spiro atoms. The van der Waals surface area contributed by atoms with E-state index in [1.165, 1.54) is 0 Å². The number of terminal acetylenes is 1. The van der Waals surface area contributed by atoms with Gasteiger partial charge in [0.15, 0.2) is 0 Å². The van der Waals surface area contributed by atoms with Crippen molar-refractivity contribution in [3.05, 3.63) is 0 Å². The molecule has 0 fully saturated rings. The highest BCUT2D eigenvalue weighted by molar-refractivity contribution is 7.89. The lowest BCUT2D eigenvalue weighted by Crippen LogP contribution is -2.37. The topological polar surface area (TPSA) is 58.2 Å². The van der Waals surface area contributed by atoms with Gasteiger partial charge in [-0.2, -0.15) is 0 Å². The summed E-state index contributed by atoms with van der Waals surface area (Å²) in [4.78, 5) is 0. The zero-order valence-corrected chi connectivity index (χ0v) is 9.52. The first-order chi connectivity index (χ1) is 6.55. The van der Waals surface area contributed by atoms with Crippen LogP contribution >= 0.6 is 0 Å². The smallest absolute Gasteiger partial charge is 0.213 e. The minimum Gasteiger partial charge on any atom is -0.319 e. The second kappa shape index (κ2) is 6.82. The molecule has 0 radical (unpaired) electrons. The van der Waals surface area contributed by atoms with E-state index in [-0.39, 0.29) is 11.8 Å². The molecule has 0 heterocycles. The first kappa shape index (κ1) is 13.4. The average molecular weight is 218 g/mol. The molecule has 0 aliphatic carbocycles. The standard InChI is InChI=1S/C9H18N2O2S/c1-4-6-9(5-2)11-14(12,13)8-7-10-3/h1,9-11H,5-8H2,2-3H3. The minimum atomic E-state index is -3.19. The summed E-state index contributed by atoms with van der Waals surface area (Å²) in [5.74, 6) is 2.54. The highest BCUT2D eigenvalue weighted by Gasteiger charge is 2.14. The summed E-state index contributed by atoms with van der Waals surface area (Å²) in [6, 6.07) is -0.137.